The third-order valence-electron chi connectivity index (χ3n) is 4.73. The number of carbonyl (C=O) groups excluding carboxylic acids is 1. The summed E-state index contributed by atoms with van der Waals surface area (Å²) in [6.45, 7) is 4.69. The molecule has 3 heterocycles. The number of piperazine rings is 1. The molecule has 8 nitrogen and oxygen atoms in total. The Labute approximate surface area is 169 Å². The molecule has 1 aromatic carbocycles. The summed E-state index contributed by atoms with van der Waals surface area (Å²) in [5.41, 5.74) is 1.94. The molecule has 2 aromatic heterocycles. The van der Waals surface area contributed by atoms with Crippen LogP contribution in [0.25, 0.3) is 0 Å². The van der Waals surface area contributed by atoms with Crippen molar-refractivity contribution in [2.24, 2.45) is 0 Å². The van der Waals surface area contributed by atoms with Crippen LogP contribution in [0.2, 0.25) is 0 Å². The molecule has 0 bridgehead atoms. The third-order valence-corrected chi connectivity index (χ3v) is 4.73. The number of pyridine rings is 1. The number of rotatable bonds is 4. The maximum absolute atomic E-state index is 12.5. The van der Waals surface area contributed by atoms with Crippen LogP contribution in [0.15, 0.2) is 60.8 Å². The van der Waals surface area contributed by atoms with Gasteiger partial charge >= 0.3 is 6.03 Å². The predicted octanol–water partition coefficient (Wildman–Crippen LogP) is 3.28. The molecule has 2 N–H and O–H groups in total. The minimum absolute atomic E-state index is 0.0729. The van der Waals surface area contributed by atoms with E-state index < -0.39 is 0 Å². The molecule has 0 unspecified atom stereocenters. The number of anilines is 4. The summed E-state index contributed by atoms with van der Waals surface area (Å²) in [6.07, 6.45) is 1.72. The summed E-state index contributed by atoms with van der Waals surface area (Å²) in [5, 5.41) is 14.6. The molecule has 8 heteroatoms. The normalized spacial score (nSPS) is 13.8. The van der Waals surface area contributed by atoms with Gasteiger partial charge in [0.15, 0.2) is 11.6 Å². The number of carbonyl (C=O) groups is 1. The van der Waals surface area contributed by atoms with E-state index in [1.165, 1.54) is 0 Å². The quantitative estimate of drug-likeness (QED) is 0.712. The van der Waals surface area contributed by atoms with E-state index in [2.05, 4.69) is 30.7 Å². The molecule has 1 aliphatic rings. The Kier molecular flexibility index (Phi) is 5.51. The lowest BCUT2D eigenvalue weighted by Gasteiger charge is -2.35. The van der Waals surface area contributed by atoms with Crippen LogP contribution in [-0.4, -0.2) is 52.3 Å². The number of hydrogen-bond donors (Lipinski definition) is 2. The highest BCUT2D eigenvalue weighted by atomic mass is 16.2. The van der Waals surface area contributed by atoms with Crippen molar-refractivity contribution in [2.45, 2.75) is 6.92 Å². The summed E-state index contributed by atoms with van der Waals surface area (Å²) in [4.78, 5) is 20.7. The molecule has 29 heavy (non-hydrogen) atoms. The average molecular weight is 389 g/mol. The van der Waals surface area contributed by atoms with Crippen LogP contribution in [-0.2, 0) is 0 Å². The lowest BCUT2D eigenvalue weighted by atomic mass is 10.2. The van der Waals surface area contributed by atoms with Crippen LogP contribution in [0.4, 0.5) is 27.9 Å². The van der Waals surface area contributed by atoms with Gasteiger partial charge < -0.3 is 20.4 Å². The van der Waals surface area contributed by atoms with Crippen LogP contribution in [0, 0.1) is 6.92 Å². The fraction of sp³-hybridized carbons (Fsp3) is 0.238. The zero-order valence-electron chi connectivity index (χ0n) is 16.2. The zero-order valence-corrected chi connectivity index (χ0v) is 16.2. The van der Waals surface area contributed by atoms with Crippen LogP contribution in [0.5, 0.6) is 0 Å². The van der Waals surface area contributed by atoms with Gasteiger partial charge in [-0.15, -0.1) is 10.2 Å². The summed E-state index contributed by atoms with van der Waals surface area (Å²) in [6, 6.07) is 17.2. The molecule has 0 aliphatic carbocycles. The van der Waals surface area contributed by atoms with E-state index in [1.807, 2.05) is 66.4 Å². The van der Waals surface area contributed by atoms with Crippen LogP contribution in [0.3, 0.4) is 0 Å². The molecule has 1 saturated heterocycles. The molecule has 1 fully saturated rings. The Bertz CT molecular complexity index is 954. The number of hydrogen-bond acceptors (Lipinski definition) is 6. The van der Waals surface area contributed by atoms with Gasteiger partial charge in [0.2, 0.25) is 0 Å². The van der Waals surface area contributed by atoms with Crippen molar-refractivity contribution >= 4 is 29.2 Å². The maximum atomic E-state index is 12.5. The zero-order chi connectivity index (χ0) is 20.1. The van der Waals surface area contributed by atoms with Gasteiger partial charge in [-0.05, 0) is 48.9 Å². The largest absolute Gasteiger partial charge is 0.352 e. The molecule has 148 valence electrons. The van der Waals surface area contributed by atoms with Gasteiger partial charge in [0, 0.05) is 38.1 Å². The van der Waals surface area contributed by atoms with Gasteiger partial charge in [-0.2, -0.15) is 0 Å². The van der Waals surface area contributed by atoms with E-state index in [0.717, 1.165) is 22.9 Å². The van der Waals surface area contributed by atoms with E-state index in [1.54, 1.807) is 6.20 Å². The Hall–Kier alpha value is -3.68. The molecule has 0 saturated carbocycles. The second-order valence-corrected chi connectivity index (χ2v) is 6.89. The van der Waals surface area contributed by atoms with Crippen LogP contribution >= 0.6 is 0 Å². The molecule has 4 rings (SSSR count). The average Bonchev–Trinajstić information content (AvgIpc) is 2.75. The fourth-order valence-electron chi connectivity index (χ4n) is 3.19. The fourth-order valence-corrected chi connectivity index (χ4v) is 3.19. The van der Waals surface area contributed by atoms with Crippen molar-refractivity contribution in [3.63, 3.8) is 0 Å². The van der Waals surface area contributed by atoms with Gasteiger partial charge in [0.05, 0.1) is 0 Å². The van der Waals surface area contributed by atoms with Crippen molar-refractivity contribution in [3.8, 4) is 0 Å². The van der Waals surface area contributed by atoms with Gasteiger partial charge in [-0.1, -0.05) is 18.2 Å². The number of nitrogens with zero attached hydrogens (tertiary/aromatic N) is 5. The third kappa shape index (κ3) is 4.78. The topological polar surface area (TPSA) is 86.3 Å². The van der Waals surface area contributed by atoms with Crippen molar-refractivity contribution in [3.05, 3.63) is 66.4 Å². The molecule has 0 spiro atoms. The standard InChI is InChI=1S/C21H23N7O/c1-16-5-4-6-17(15-16)23-21(29)28-13-11-27(12-14-28)20-9-8-19(25-26-20)24-18-7-2-3-10-22-18/h2-10,15H,11-14H2,1H3,(H,23,29)(H,22,24,25). The number of benzene rings is 1. The Morgan fingerprint density at radius 2 is 1.79 bits per heavy atom. The van der Waals surface area contributed by atoms with Crippen molar-refractivity contribution in [2.75, 3.05) is 41.7 Å². The van der Waals surface area contributed by atoms with E-state index in [4.69, 9.17) is 0 Å². The molecule has 2 amide bonds. The number of amides is 2. The minimum Gasteiger partial charge on any atom is -0.352 e. The van der Waals surface area contributed by atoms with Crippen molar-refractivity contribution in [1.82, 2.24) is 20.1 Å². The van der Waals surface area contributed by atoms with E-state index in [0.29, 0.717) is 32.0 Å². The minimum atomic E-state index is -0.0729. The van der Waals surface area contributed by atoms with E-state index in [-0.39, 0.29) is 6.03 Å². The first-order valence-corrected chi connectivity index (χ1v) is 9.57. The number of aryl methyl sites for hydroxylation is 1. The summed E-state index contributed by atoms with van der Waals surface area (Å²) in [7, 11) is 0. The Balaban J connectivity index is 1.30. The number of nitrogens with one attached hydrogen (secondary N) is 2. The highest BCUT2D eigenvalue weighted by Crippen LogP contribution is 2.17. The van der Waals surface area contributed by atoms with Gasteiger partial charge in [-0.25, -0.2) is 9.78 Å². The monoisotopic (exact) mass is 389 g/mol. The highest BCUT2D eigenvalue weighted by molar-refractivity contribution is 5.89. The Morgan fingerprint density at radius 3 is 2.48 bits per heavy atom. The van der Waals surface area contributed by atoms with Gasteiger partial charge in [-0.3, -0.25) is 0 Å². The number of urea groups is 1. The molecule has 0 atom stereocenters. The molecular formula is C21H23N7O. The maximum Gasteiger partial charge on any atom is 0.321 e. The van der Waals surface area contributed by atoms with E-state index >= 15 is 0 Å². The van der Waals surface area contributed by atoms with Crippen molar-refractivity contribution < 1.29 is 4.79 Å². The SMILES string of the molecule is Cc1cccc(NC(=O)N2CCN(c3ccc(Nc4ccccn4)nn3)CC2)c1. The Morgan fingerprint density at radius 1 is 0.931 bits per heavy atom. The molecule has 0 radical (unpaired) electrons. The molecule has 1 aliphatic heterocycles. The highest BCUT2D eigenvalue weighted by Gasteiger charge is 2.22. The first-order valence-electron chi connectivity index (χ1n) is 9.57. The summed E-state index contributed by atoms with van der Waals surface area (Å²) < 4.78 is 0. The lowest BCUT2D eigenvalue weighted by molar-refractivity contribution is 0.208. The second-order valence-electron chi connectivity index (χ2n) is 6.89. The van der Waals surface area contributed by atoms with Gasteiger partial charge in [0.1, 0.15) is 5.82 Å². The summed E-state index contributed by atoms with van der Waals surface area (Å²) >= 11 is 0. The van der Waals surface area contributed by atoms with E-state index in [9.17, 15) is 4.79 Å². The number of aromatic nitrogens is 3. The first kappa shape index (κ1) is 18.7. The lowest BCUT2D eigenvalue weighted by Crippen LogP contribution is -2.50. The molecular weight excluding hydrogens is 366 g/mol. The smallest absolute Gasteiger partial charge is 0.321 e. The van der Waals surface area contributed by atoms with Crippen LogP contribution in [0.1, 0.15) is 5.56 Å². The summed E-state index contributed by atoms with van der Waals surface area (Å²) in [5.74, 6) is 2.17. The first-order chi connectivity index (χ1) is 14.2. The van der Waals surface area contributed by atoms with Gasteiger partial charge in [0.25, 0.3) is 0 Å². The molecule has 3 aromatic rings. The second kappa shape index (κ2) is 8.55. The van der Waals surface area contributed by atoms with Crippen LogP contribution < -0.4 is 15.5 Å². The predicted molar refractivity (Wildman–Crippen MR) is 114 cm³/mol. The van der Waals surface area contributed by atoms with Crippen molar-refractivity contribution in [1.29, 1.82) is 0 Å².